The first-order valence-electron chi connectivity index (χ1n) is 6.28. The summed E-state index contributed by atoms with van der Waals surface area (Å²) in [7, 11) is 0. The van der Waals surface area contributed by atoms with Crippen molar-refractivity contribution in [2.75, 3.05) is 0 Å². The summed E-state index contributed by atoms with van der Waals surface area (Å²) >= 11 is 0. The van der Waals surface area contributed by atoms with E-state index in [0.29, 0.717) is 5.69 Å². The molecule has 0 saturated heterocycles. The van der Waals surface area contributed by atoms with E-state index in [0.717, 1.165) is 11.0 Å². The van der Waals surface area contributed by atoms with Gasteiger partial charge in [-0.3, -0.25) is 4.68 Å². The molecule has 2 heterocycles. The molecule has 2 aromatic heterocycles. The van der Waals surface area contributed by atoms with Crippen molar-refractivity contribution in [1.29, 1.82) is 0 Å². The van der Waals surface area contributed by atoms with Crippen molar-refractivity contribution in [3.05, 3.63) is 59.9 Å². The third kappa shape index (κ3) is 2.11. The molecule has 0 aliphatic rings. The van der Waals surface area contributed by atoms with Crippen molar-refractivity contribution in [2.24, 2.45) is 0 Å². The summed E-state index contributed by atoms with van der Waals surface area (Å²) in [5, 5.41) is 13.5. The molecule has 0 aliphatic heterocycles. The average molecular weight is 253 g/mol. The zero-order chi connectivity index (χ0) is 13.2. The maximum atomic E-state index is 9.10. The quantitative estimate of drug-likeness (QED) is 0.780. The lowest BCUT2D eigenvalue weighted by Crippen LogP contribution is -2.08. The summed E-state index contributed by atoms with van der Waals surface area (Å²) in [6.45, 7) is 2.07. The Hall–Kier alpha value is -2.20. The summed E-state index contributed by atoms with van der Waals surface area (Å²) in [5.74, 6) is 0. The highest BCUT2D eigenvalue weighted by molar-refractivity contribution is 5.74. The molecule has 0 spiro atoms. The van der Waals surface area contributed by atoms with E-state index < -0.39 is 0 Å². The second kappa shape index (κ2) is 4.82. The lowest BCUT2D eigenvalue weighted by molar-refractivity contribution is 0.277. The lowest BCUT2D eigenvalue weighted by atomic mass is 10.1. The smallest absolute Gasteiger partial charge is 0.109 e. The molecular formula is C15H15N3O. The maximum absolute atomic E-state index is 9.10. The number of pyridine rings is 1. The van der Waals surface area contributed by atoms with Crippen molar-refractivity contribution in [3.8, 4) is 0 Å². The van der Waals surface area contributed by atoms with Crippen LogP contribution in [0.4, 0.5) is 0 Å². The van der Waals surface area contributed by atoms with E-state index in [9.17, 15) is 0 Å². The Kier molecular flexibility index (Phi) is 3.01. The van der Waals surface area contributed by atoms with Crippen LogP contribution in [-0.2, 0) is 6.61 Å². The fraction of sp³-hybridized carbons (Fsp3) is 0.200. The molecule has 1 N–H and O–H groups in total. The molecule has 0 bridgehead atoms. The summed E-state index contributed by atoms with van der Waals surface area (Å²) in [6, 6.07) is 14.2. The van der Waals surface area contributed by atoms with Gasteiger partial charge in [-0.15, -0.1) is 0 Å². The highest BCUT2D eigenvalue weighted by Crippen LogP contribution is 2.22. The highest BCUT2D eigenvalue weighted by atomic mass is 16.3. The van der Waals surface area contributed by atoms with Crippen LogP contribution in [0.25, 0.3) is 11.0 Å². The number of hydrogen-bond donors (Lipinski definition) is 1. The van der Waals surface area contributed by atoms with Gasteiger partial charge in [-0.05, 0) is 24.6 Å². The Morgan fingerprint density at radius 2 is 1.95 bits per heavy atom. The summed E-state index contributed by atoms with van der Waals surface area (Å²) < 4.78 is 1.96. The monoisotopic (exact) mass is 253 g/mol. The fourth-order valence-corrected chi connectivity index (χ4v) is 2.25. The number of rotatable bonds is 3. The van der Waals surface area contributed by atoms with Crippen molar-refractivity contribution in [2.45, 2.75) is 19.6 Å². The Bertz CT molecular complexity index is 691. The SMILES string of the molecule is CC(c1ccccc1)n1ncc2nc(CO)ccc21. The minimum absolute atomic E-state index is 0.0463. The van der Waals surface area contributed by atoms with Crippen LogP contribution in [0.1, 0.15) is 24.2 Å². The predicted molar refractivity (Wildman–Crippen MR) is 73.7 cm³/mol. The van der Waals surface area contributed by atoms with Crippen molar-refractivity contribution in [3.63, 3.8) is 0 Å². The summed E-state index contributed by atoms with van der Waals surface area (Å²) in [5.41, 5.74) is 3.67. The van der Waals surface area contributed by atoms with Crippen molar-refractivity contribution >= 4 is 11.0 Å². The zero-order valence-electron chi connectivity index (χ0n) is 10.7. The van der Waals surface area contributed by atoms with Crippen LogP contribution < -0.4 is 0 Å². The first kappa shape index (κ1) is 11.9. The van der Waals surface area contributed by atoms with Crippen molar-refractivity contribution in [1.82, 2.24) is 14.8 Å². The largest absolute Gasteiger partial charge is 0.390 e. The van der Waals surface area contributed by atoms with E-state index in [1.807, 2.05) is 35.0 Å². The van der Waals surface area contributed by atoms with Gasteiger partial charge in [0.1, 0.15) is 5.52 Å². The highest BCUT2D eigenvalue weighted by Gasteiger charge is 2.12. The van der Waals surface area contributed by atoms with Crippen LogP contribution in [0.2, 0.25) is 0 Å². The number of nitrogens with zero attached hydrogens (tertiary/aromatic N) is 3. The van der Waals surface area contributed by atoms with Crippen LogP contribution in [-0.4, -0.2) is 19.9 Å². The zero-order valence-corrected chi connectivity index (χ0v) is 10.7. The Morgan fingerprint density at radius 1 is 1.16 bits per heavy atom. The molecule has 1 atom stereocenters. The normalized spacial score (nSPS) is 12.7. The summed E-state index contributed by atoms with van der Waals surface area (Å²) in [6.07, 6.45) is 1.74. The van der Waals surface area contributed by atoms with Crippen LogP contribution in [0.5, 0.6) is 0 Å². The first-order valence-corrected chi connectivity index (χ1v) is 6.28. The minimum Gasteiger partial charge on any atom is -0.390 e. The topological polar surface area (TPSA) is 50.9 Å². The Morgan fingerprint density at radius 3 is 2.68 bits per heavy atom. The molecule has 0 radical (unpaired) electrons. The molecule has 0 fully saturated rings. The van der Waals surface area contributed by atoms with Gasteiger partial charge in [0.05, 0.1) is 30.1 Å². The standard InChI is InChI=1S/C15H15N3O/c1-11(12-5-3-2-4-6-12)18-15-8-7-13(10-19)17-14(15)9-16-18/h2-9,11,19H,10H2,1H3. The van der Waals surface area contributed by atoms with Gasteiger partial charge in [-0.1, -0.05) is 30.3 Å². The van der Waals surface area contributed by atoms with Gasteiger partial charge in [0, 0.05) is 0 Å². The van der Waals surface area contributed by atoms with Gasteiger partial charge in [0.2, 0.25) is 0 Å². The van der Waals surface area contributed by atoms with Crippen LogP contribution in [0, 0.1) is 0 Å². The van der Waals surface area contributed by atoms with E-state index in [1.54, 1.807) is 6.20 Å². The van der Waals surface area contributed by atoms with Gasteiger partial charge in [0.25, 0.3) is 0 Å². The van der Waals surface area contributed by atoms with E-state index in [2.05, 4.69) is 29.1 Å². The molecule has 3 aromatic rings. The van der Waals surface area contributed by atoms with Crippen LogP contribution in [0.15, 0.2) is 48.7 Å². The molecule has 0 saturated carbocycles. The van der Waals surface area contributed by atoms with Gasteiger partial charge in [-0.25, -0.2) is 4.98 Å². The number of benzene rings is 1. The Balaban J connectivity index is 2.06. The minimum atomic E-state index is -0.0463. The molecular weight excluding hydrogens is 238 g/mol. The third-order valence-corrected chi connectivity index (χ3v) is 3.32. The molecule has 1 aromatic carbocycles. The van der Waals surface area contributed by atoms with E-state index in [-0.39, 0.29) is 12.6 Å². The second-order valence-electron chi connectivity index (χ2n) is 4.54. The van der Waals surface area contributed by atoms with E-state index >= 15 is 0 Å². The van der Waals surface area contributed by atoms with Crippen molar-refractivity contribution < 1.29 is 5.11 Å². The molecule has 3 rings (SSSR count). The van der Waals surface area contributed by atoms with E-state index in [1.165, 1.54) is 5.56 Å². The molecule has 19 heavy (non-hydrogen) atoms. The third-order valence-electron chi connectivity index (χ3n) is 3.32. The number of aliphatic hydroxyl groups is 1. The molecule has 4 heteroatoms. The number of fused-ring (bicyclic) bond motifs is 1. The maximum Gasteiger partial charge on any atom is 0.109 e. The lowest BCUT2D eigenvalue weighted by Gasteiger charge is -2.13. The summed E-state index contributed by atoms with van der Waals surface area (Å²) in [4.78, 5) is 4.36. The second-order valence-corrected chi connectivity index (χ2v) is 4.54. The van der Waals surface area contributed by atoms with E-state index in [4.69, 9.17) is 5.11 Å². The predicted octanol–water partition coefficient (Wildman–Crippen LogP) is 2.53. The van der Waals surface area contributed by atoms with Gasteiger partial charge in [0.15, 0.2) is 0 Å². The van der Waals surface area contributed by atoms with Gasteiger partial charge in [-0.2, -0.15) is 5.10 Å². The molecule has 0 aliphatic carbocycles. The Labute approximate surface area is 111 Å². The van der Waals surface area contributed by atoms with Crippen LogP contribution in [0.3, 0.4) is 0 Å². The number of aromatic nitrogens is 3. The van der Waals surface area contributed by atoms with Gasteiger partial charge >= 0.3 is 0 Å². The molecule has 1 unspecified atom stereocenters. The van der Waals surface area contributed by atoms with Gasteiger partial charge < -0.3 is 5.11 Å². The van der Waals surface area contributed by atoms with Crippen LogP contribution >= 0.6 is 0 Å². The fourth-order valence-electron chi connectivity index (χ4n) is 2.25. The average Bonchev–Trinajstić information content (AvgIpc) is 2.90. The molecule has 96 valence electrons. The number of hydrogen-bond acceptors (Lipinski definition) is 3. The first-order chi connectivity index (χ1) is 9.29. The number of aliphatic hydroxyl groups excluding tert-OH is 1. The molecule has 0 amide bonds. The molecule has 4 nitrogen and oxygen atoms in total.